The van der Waals surface area contributed by atoms with Crippen LogP contribution in [0.25, 0.3) is 22.1 Å². The van der Waals surface area contributed by atoms with Gasteiger partial charge in [-0.1, -0.05) is 29.3 Å². The van der Waals surface area contributed by atoms with Crippen molar-refractivity contribution in [3.8, 4) is 16.9 Å². The van der Waals surface area contributed by atoms with Crippen LogP contribution in [0.15, 0.2) is 39.5 Å². The van der Waals surface area contributed by atoms with Crippen molar-refractivity contribution >= 4 is 34.2 Å². The van der Waals surface area contributed by atoms with Gasteiger partial charge in [0.2, 0.25) is 11.2 Å². The van der Waals surface area contributed by atoms with E-state index in [1.807, 2.05) is 27.7 Å². The summed E-state index contributed by atoms with van der Waals surface area (Å²) in [6, 6.07) is 6.66. The molecular weight excluding hydrogens is 466 g/mol. The molecule has 9 heteroatoms. The number of halogens is 5. The summed E-state index contributed by atoms with van der Waals surface area (Å²) >= 11 is 12.0. The molecule has 1 heterocycles. The number of nitrogens with one attached hydrogen (secondary N) is 1. The summed E-state index contributed by atoms with van der Waals surface area (Å²) in [6.07, 6.45) is -4.98. The van der Waals surface area contributed by atoms with Gasteiger partial charge in [-0.3, -0.25) is 4.79 Å². The van der Waals surface area contributed by atoms with Crippen LogP contribution in [0.2, 0.25) is 10.0 Å². The van der Waals surface area contributed by atoms with Gasteiger partial charge in [0, 0.05) is 10.6 Å². The number of phenols is 1. The van der Waals surface area contributed by atoms with E-state index in [9.17, 15) is 23.1 Å². The van der Waals surface area contributed by atoms with E-state index in [1.54, 1.807) is 0 Å². The number of fused-ring (bicyclic) bond motifs is 1. The lowest BCUT2D eigenvalue weighted by molar-refractivity contribution is -0.955. The molecule has 3 rings (SSSR count). The largest absolute Gasteiger partial charge is 0.507 e. The molecule has 3 aromatic rings. The van der Waals surface area contributed by atoms with Crippen LogP contribution in [0, 0.1) is 0 Å². The van der Waals surface area contributed by atoms with Gasteiger partial charge in [-0.2, -0.15) is 13.2 Å². The molecule has 4 nitrogen and oxygen atoms in total. The first-order valence-electron chi connectivity index (χ1n) is 10.0. The minimum atomic E-state index is -4.98. The summed E-state index contributed by atoms with van der Waals surface area (Å²) in [7, 11) is 0. The number of benzene rings is 2. The second kappa shape index (κ2) is 8.96. The van der Waals surface area contributed by atoms with Crippen LogP contribution < -0.4 is 10.3 Å². The predicted molar refractivity (Wildman–Crippen MR) is 120 cm³/mol. The van der Waals surface area contributed by atoms with Gasteiger partial charge in [-0.05, 0) is 52.0 Å². The van der Waals surface area contributed by atoms with Crippen molar-refractivity contribution in [3.63, 3.8) is 0 Å². The molecule has 2 N–H and O–H groups in total. The highest BCUT2D eigenvalue weighted by Gasteiger charge is 2.40. The molecule has 0 aliphatic heterocycles. The molecular formula is C23H23Cl2F3NO3+. The monoisotopic (exact) mass is 488 g/mol. The standard InChI is InChI=1S/C23H22Cl2F3NO3/c1-11(2)29(12(3)4)10-16-18(30)8-7-15-20(31)19(14-6-5-13(24)9-17(14)25)22(23(26,27)28)32-21(15)16/h5-9,11-12,30H,10H2,1-4H3/p+1. The minimum absolute atomic E-state index is 0.0707. The van der Waals surface area contributed by atoms with E-state index in [-0.39, 0.29) is 56.5 Å². The van der Waals surface area contributed by atoms with Crippen molar-refractivity contribution < 1.29 is 27.6 Å². The van der Waals surface area contributed by atoms with Crippen LogP contribution in [-0.2, 0) is 12.7 Å². The van der Waals surface area contributed by atoms with E-state index in [1.165, 1.54) is 30.3 Å². The van der Waals surface area contributed by atoms with E-state index in [0.717, 1.165) is 4.90 Å². The number of hydrogen-bond donors (Lipinski definition) is 2. The van der Waals surface area contributed by atoms with Gasteiger partial charge in [-0.15, -0.1) is 0 Å². The quantitative estimate of drug-likeness (QED) is 0.484. The lowest BCUT2D eigenvalue weighted by atomic mass is 9.99. The van der Waals surface area contributed by atoms with Crippen molar-refractivity contribution in [2.45, 2.75) is 52.5 Å². The molecule has 0 radical (unpaired) electrons. The summed E-state index contributed by atoms with van der Waals surface area (Å²) < 4.78 is 47.5. The fraction of sp³-hybridized carbons (Fsp3) is 0.348. The first-order chi connectivity index (χ1) is 14.8. The van der Waals surface area contributed by atoms with Crippen LogP contribution >= 0.6 is 23.2 Å². The number of alkyl halides is 3. The van der Waals surface area contributed by atoms with Crippen molar-refractivity contribution in [2.75, 3.05) is 0 Å². The minimum Gasteiger partial charge on any atom is -0.507 e. The summed E-state index contributed by atoms with van der Waals surface area (Å²) in [5.41, 5.74) is -1.85. The Bertz CT molecular complexity index is 1210. The highest BCUT2D eigenvalue weighted by molar-refractivity contribution is 6.36. The van der Waals surface area contributed by atoms with E-state index < -0.39 is 22.9 Å². The average Bonchev–Trinajstić information content (AvgIpc) is 2.66. The van der Waals surface area contributed by atoms with Gasteiger partial charge in [0.1, 0.15) is 12.3 Å². The molecule has 0 saturated carbocycles. The van der Waals surface area contributed by atoms with Gasteiger partial charge in [0.05, 0.1) is 33.6 Å². The molecule has 0 saturated heterocycles. The fourth-order valence-electron chi connectivity index (χ4n) is 3.89. The lowest BCUT2D eigenvalue weighted by Crippen LogP contribution is -3.16. The molecule has 172 valence electrons. The Hall–Kier alpha value is -2.22. The van der Waals surface area contributed by atoms with Crippen LogP contribution in [0.3, 0.4) is 0 Å². The van der Waals surface area contributed by atoms with Crippen LogP contribution in [-0.4, -0.2) is 17.2 Å². The Morgan fingerprint density at radius 1 is 1.06 bits per heavy atom. The molecule has 0 aliphatic rings. The molecule has 1 aromatic heterocycles. The maximum Gasteiger partial charge on any atom is 0.450 e. The normalized spacial score (nSPS) is 12.5. The van der Waals surface area contributed by atoms with E-state index in [2.05, 4.69) is 0 Å². The molecule has 0 spiro atoms. The highest BCUT2D eigenvalue weighted by atomic mass is 35.5. The first kappa shape index (κ1) is 24.4. The summed E-state index contributed by atoms with van der Waals surface area (Å²) in [5.74, 6) is -1.70. The Labute approximate surface area is 193 Å². The molecule has 0 aliphatic carbocycles. The molecule has 2 aromatic carbocycles. The van der Waals surface area contributed by atoms with Crippen molar-refractivity contribution in [2.24, 2.45) is 0 Å². The van der Waals surface area contributed by atoms with E-state index in [4.69, 9.17) is 27.6 Å². The zero-order chi connectivity index (χ0) is 24.0. The van der Waals surface area contributed by atoms with E-state index >= 15 is 0 Å². The third kappa shape index (κ3) is 4.60. The van der Waals surface area contributed by atoms with Crippen LogP contribution in [0.4, 0.5) is 13.2 Å². The number of hydrogen-bond acceptors (Lipinski definition) is 3. The van der Waals surface area contributed by atoms with Gasteiger partial charge >= 0.3 is 6.18 Å². The molecule has 0 bridgehead atoms. The second-order valence-corrected chi connectivity index (χ2v) is 9.10. The third-order valence-electron chi connectivity index (χ3n) is 5.46. The van der Waals surface area contributed by atoms with Crippen molar-refractivity contribution in [1.29, 1.82) is 0 Å². The maximum atomic E-state index is 14.0. The van der Waals surface area contributed by atoms with Crippen LogP contribution in [0.1, 0.15) is 39.0 Å². The van der Waals surface area contributed by atoms with Gasteiger partial charge < -0.3 is 14.4 Å². The second-order valence-electron chi connectivity index (χ2n) is 8.26. The maximum absolute atomic E-state index is 14.0. The Morgan fingerprint density at radius 2 is 1.69 bits per heavy atom. The Kier molecular flexibility index (Phi) is 6.84. The summed E-state index contributed by atoms with van der Waals surface area (Å²) in [6.45, 7) is 8.05. The van der Waals surface area contributed by atoms with E-state index in [0.29, 0.717) is 0 Å². The molecule has 0 fully saturated rings. The topological polar surface area (TPSA) is 54.9 Å². The molecule has 0 atom stereocenters. The Morgan fingerprint density at radius 3 is 2.22 bits per heavy atom. The fourth-order valence-corrected chi connectivity index (χ4v) is 4.39. The van der Waals surface area contributed by atoms with Gasteiger partial charge in [0.15, 0.2) is 5.58 Å². The molecule has 0 unspecified atom stereocenters. The number of rotatable bonds is 5. The zero-order valence-electron chi connectivity index (χ0n) is 17.9. The highest BCUT2D eigenvalue weighted by Crippen LogP contribution is 2.41. The summed E-state index contributed by atoms with van der Waals surface area (Å²) in [5, 5.41) is 10.5. The molecule has 32 heavy (non-hydrogen) atoms. The molecule has 0 amide bonds. The Balaban J connectivity index is 2.39. The van der Waals surface area contributed by atoms with Crippen LogP contribution in [0.5, 0.6) is 5.75 Å². The average molecular weight is 489 g/mol. The number of quaternary nitrogens is 1. The number of phenolic OH excluding ortho intramolecular Hbond substituents is 1. The van der Waals surface area contributed by atoms with Gasteiger partial charge in [-0.25, -0.2) is 0 Å². The van der Waals surface area contributed by atoms with Crippen molar-refractivity contribution in [1.82, 2.24) is 0 Å². The smallest absolute Gasteiger partial charge is 0.450 e. The predicted octanol–water partition coefficient (Wildman–Crippen LogP) is 5.69. The SMILES string of the molecule is CC(C)[NH+](Cc1c(O)ccc2c(=O)c(-c3ccc(Cl)cc3Cl)c(C(F)(F)F)oc12)C(C)C. The zero-order valence-corrected chi connectivity index (χ0v) is 19.4. The lowest BCUT2D eigenvalue weighted by Gasteiger charge is -2.28. The van der Waals surface area contributed by atoms with Gasteiger partial charge in [0.25, 0.3) is 0 Å². The third-order valence-corrected chi connectivity index (χ3v) is 6.01. The van der Waals surface area contributed by atoms with Crippen molar-refractivity contribution in [3.05, 3.63) is 61.9 Å². The summed E-state index contributed by atoms with van der Waals surface area (Å²) in [4.78, 5) is 14.3. The number of aromatic hydroxyl groups is 1. The first-order valence-corrected chi connectivity index (χ1v) is 10.8.